The highest BCUT2D eigenvalue weighted by molar-refractivity contribution is 5.94. The largest absolute Gasteiger partial charge is 0.493 e. The predicted octanol–water partition coefficient (Wildman–Crippen LogP) is 2.46. The van der Waals surface area contributed by atoms with E-state index in [-0.39, 0.29) is 23.2 Å². The third-order valence-corrected chi connectivity index (χ3v) is 4.46. The molecule has 2 aromatic rings. The van der Waals surface area contributed by atoms with Crippen molar-refractivity contribution < 1.29 is 13.9 Å². The van der Waals surface area contributed by atoms with Gasteiger partial charge in [-0.1, -0.05) is 0 Å². The molecule has 0 saturated carbocycles. The zero-order valence-electron chi connectivity index (χ0n) is 14.2. The molecule has 0 spiro atoms. The first-order valence-electron chi connectivity index (χ1n) is 8.37. The molecule has 1 aromatic carbocycles. The average molecular weight is 344 g/mol. The molecule has 0 radical (unpaired) electrons. The number of pyridine rings is 1. The molecular formula is C19H21FN2O3. The average Bonchev–Trinajstić information content (AvgIpc) is 2.63. The molecule has 0 bridgehead atoms. The molecule has 1 aliphatic heterocycles. The molecule has 3 rings (SSSR count). The number of hydrogen-bond acceptors (Lipinski definition) is 3. The summed E-state index contributed by atoms with van der Waals surface area (Å²) in [6.07, 6.45) is 3.48. The molecule has 132 valence electrons. The Morgan fingerprint density at radius 1 is 1.28 bits per heavy atom. The molecule has 1 atom stereocenters. The minimum atomic E-state index is -0.296. The van der Waals surface area contributed by atoms with Crippen LogP contribution >= 0.6 is 0 Å². The first-order chi connectivity index (χ1) is 12.0. The Kier molecular flexibility index (Phi) is 5.16. The Morgan fingerprint density at radius 3 is 2.76 bits per heavy atom. The quantitative estimate of drug-likeness (QED) is 0.856. The van der Waals surface area contributed by atoms with Crippen molar-refractivity contribution >= 4 is 5.91 Å². The van der Waals surface area contributed by atoms with Crippen molar-refractivity contribution in [3.63, 3.8) is 0 Å². The van der Waals surface area contributed by atoms with Gasteiger partial charge in [0.2, 0.25) is 0 Å². The van der Waals surface area contributed by atoms with Crippen molar-refractivity contribution in [2.75, 3.05) is 19.7 Å². The van der Waals surface area contributed by atoms with Crippen LogP contribution in [0.25, 0.3) is 0 Å². The van der Waals surface area contributed by atoms with E-state index in [1.165, 1.54) is 22.8 Å². The summed E-state index contributed by atoms with van der Waals surface area (Å²) in [4.78, 5) is 26.1. The summed E-state index contributed by atoms with van der Waals surface area (Å²) < 4.78 is 20.1. The summed E-state index contributed by atoms with van der Waals surface area (Å²) in [7, 11) is 1.65. The lowest BCUT2D eigenvalue weighted by Gasteiger charge is -2.32. The molecule has 1 amide bonds. The molecule has 1 aromatic heterocycles. The number of amides is 1. The van der Waals surface area contributed by atoms with Crippen LogP contribution in [0.15, 0.2) is 47.4 Å². The van der Waals surface area contributed by atoms with Gasteiger partial charge >= 0.3 is 0 Å². The zero-order chi connectivity index (χ0) is 17.8. The summed E-state index contributed by atoms with van der Waals surface area (Å²) in [5.74, 6) is 0.422. The maximum absolute atomic E-state index is 12.9. The minimum absolute atomic E-state index is 0.121. The second-order valence-electron chi connectivity index (χ2n) is 6.39. The lowest BCUT2D eigenvalue weighted by molar-refractivity contribution is 0.0633. The van der Waals surface area contributed by atoms with E-state index < -0.39 is 0 Å². The number of rotatable bonds is 4. The van der Waals surface area contributed by atoms with Crippen LogP contribution in [0.2, 0.25) is 0 Å². The van der Waals surface area contributed by atoms with Crippen molar-refractivity contribution in [2.24, 2.45) is 13.0 Å². The van der Waals surface area contributed by atoms with Crippen LogP contribution in [0.3, 0.4) is 0 Å². The van der Waals surface area contributed by atoms with Crippen LogP contribution in [0, 0.1) is 11.7 Å². The molecule has 0 unspecified atom stereocenters. The number of carbonyl (C=O) groups is 1. The molecule has 1 saturated heterocycles. The Balaban J connectivity index is 1.60. The van der Waals surface area contributed by atoms with Gasteiger partial charge in [0.05, 0.1) is 6.61 Å². The number of nitrogens with zero attached hydrogens (tertiary/aromatic N) is 2. The third kappa shape index (κ3) is 4.26. The summed E-state index contributed by atoms with van der Waals surface area (Å²) in [6.45, 7) is 1.75. The number of benzene rings is 1. The van der Waals surface area contributed by atoms with Crippen LogP contribution in [-0.4, -0.2) is 35.1 Å². The smallest absolute Gasteiger partial charge is 0.254 e. The molecule has 0 N–H and O–H groups in total. The van der Waals surface area contributed by atoms with E-state index in [4.69, 9.17) is 4.74 Å². The van der Waals surface area contributed by atoms with Crippen molar-refractivity contribution in [3.8, 4) is 5.75 Å². The van der Waals surface area contributed by atoms with Crippen molar-refractivity contribution in [1.82, 2.24) is 9.47 Å². The molecule has 1 aliphatic rings. The Hall–Kier alpha value is -2.63. The Labute approximate surface area is 145 Å². The van der Waals surface area contributed by atoms with Gasteiger partial charge in [-0.15, -0.1) is 0 Å². The van der Waals surface area contributed by atoms with Crippen LogP contribution in [0.1, 0.15) is 23.2 Å². The lowest BCUT2D eigenvalue weighted by atomic mass is 9.98. The lowest BCUT2D eigenvalue weighted by Crippen LogP contribution is -2.42. The number of halogens is 1. The Morgan fingerprint density at radius 2 is 2.04 bits per heavy atom. The van der Waals surface area contributed by atoms with Crippen LogP contribution < -0.4 is 10.3 Å². The van der Waals surface area contributed by atoms with Gasteiger partial charge in [0.15, 0.2) is 0 Å². The molecule has 25 heavy (non-hydrogen) atoms. The molecule has 0 aliphatic carbocycles. The van der Waals surface area contributed by atoms with Crippen molar-refractivity contribution in [1.29, 1.82) is 0 Å². The zero-order valence-corrected chi connectivity index (χ0v) is 14.2. The van der Waals surface area contributed by atoms with Gasteiger partial charge in [-0.25, -0.2) is 4.39 Å². The standard InChI is InChI=1S/C19H21FN2O3/c1-21-10-8-15(11-18(21)23)19(24)22-9-2-3-14(12-22)13-25-17-6-4-16(20)5-7-17/h4-8,10-11,14H,2-3,9,12-13H2,1H3/t14-/m1/s1. The van der Waals surface area contributed by atoms with Crippen LogP contribution in [-0.2, 0) is 7.05 Å². The van der Waals surface area contributed by atoms with E-state index in [1.807, 2.05) is 0 Å². The monoisotopic (exact) mass is 344 g/mol. The number of carbonyl (C=O) groups excluding carboxylic acids is 1. The maximum atomic E-state index is 12.9. The first-order valence-corrected chi connectivity index (χ1v) is 8.37. The van der Waals surface area contributed by atoms with E-state index in [9.17, 15) is 14.0 Å². The highest BCUT2D eigenvalue weighted by Gasteiger charge is 2.25. The fraction of sp³-hybridized carbons (Fsp3) is 0.368. The van der Waals surface area contributed by atoms with E-state index >= 15 is 0 Å². The number of aromatic nitrogens is 1. The SMILES string of the molecule is Cn1ccc(C(=O)N2CCC[C@@H](COc3ccc(F)cc3)C2)cc1=O. The van der Waals surface area contributed by atoms with Gasteiger partial charge in [0, 0.05) is 43.9 Å². The van der Waals surface area contributed by atoms with E-state index in [1.54, 1.807) is 36.3 Å². The minimum Gasteiger partial charge on any atom is -0.493 e. The summed E-state index contributed by atoms with van der Waals surface area (Å²) in [6, 6.07) is 8.97. The fourth-order valence-electron chi connectivity index (χ4n) is 2.99. The first kappa shape index (κ1) is 17.2. The normalized spacial score (nSPS) is 17.4. The van der Waals surface area contributed by atoms with E-state index in [0.717, 1.165) is 12.8 Å². The van der Waals surface area contributed by atoms with E-state index in [2.05, 4.69) is 0 Å². The molecule has 2 heterocycles. The van der Waals surface area contributed by atoms with Crippen molar-refractivity contribution in [2.45, 2.75) is 12.8 Å². The molecule has 1 fully saturated rings. The number of aryl methyl sites for hydroxylation is 1. The van der Waals surface area contributed by atoms with Crippen LogP contribution in [0.4, 0.5) is 4.39 Å². The van der Waals surface area contributed by atoms with Gasteiger partial charge in [0.1, 0.15) is 11.6 Å². The third-order valence-electron chi connectivity index (χ3n) is 4.46. The van der Waals surface area contributed by atoms with Gasteiger partial charge in [-0.3, -0.25) is 9.59 Å². The molecule has 5 nitrogen and oxygen atoms in total. The second kappa shape index (κ2) is 7.51. The summed E-state index contributed by atoms with van der Waals surface area (Å²) >= 11 is 0. The highest BCUT2D eigenvalue weighted by Crippen LogP contribution is 2.20. The summed E-state index contributed by atoms with van der Waals surface area (Å²) in [5, 5.41) is 0. The molecule has 6 heteroatoms. The maximum Gasteiger partial charge on any atom is 0.254 e. The second-order valence-corrected chi connectivity index (χ2v) is 6.39. The van der Waals surface area contributed by atoms with Crippen molar-refractivity contribution in [3.05, 3.63) is 64.3 Å². The highest BCUT2D eigenvalue weighted by atomic mass is 19.1. The Bertz CT molecular complexity index is 801. The van der Waals surface area contributed by atoms with Crippen LogP contribution in [0.5, 0.6) is 5.75 Å². The number of hydrogen-bond donors (Lipinski definition) is 0. The number of piperidine rings is 1. The number of likely N-dealkylation sites (tertiary alicyclic amines) is 1. The number of ether oxygens (including phenoxy) is 1. The summed E-state index contributed by atoms with van der Waals surface area (Å²) in [5.41, 5.74) is 0.224. The topological polar surface area (TPSA) is 51.5 Å². The van der Waals surface area contributed by atoms with Gasteiger partial charge in [-0.2, -0.15) is 0 Å². The fourth-order valence-corrected chi connectivity index (χ4v) is 2.99. The predicted molar refractivity (Wildman–Crippen MR) is 92.2 cm³/mol. The van der Waals surface area contributed by atoms with Gasteiger partial charge in [-0.05, 0) is 43.2 Å². The van der Waals surface area contributed by atoms with Gasteiger partial charge in [0.25, 0.3) is 11.5 Å². The molecular weight excluding hydrogens is 323 g/mol. The van der Waals surface area contributed by atoms with Gasteiger partial charge < -0.3 is 14.2 Å². The van der Waals surface area contributed by atoms with E-state index in [0.29, 0.717) is 31.0 Å².